The molecular weight excluding hydrogens is 190 g/mol. The number of piperidine rings is 1. The van der Waals surface area contributed by atoms with Crippen LogP contribution in [0.2, 0.25) is 0 Å². The van der Waals surface area contributed by atoms with Crippen molar-refractivity contribution in [2.24, 2.45) is 0 Å². The van der Waals surface area contributed by atoms with Gasteiger partial charge in [-0.3, -0.25) is 9.69 Å². The number of carbonyl (C=O) groups excluding carboxylic acids is 1. The van der Waals surface area contributed by atoms with E-state index in [4.69, 9.17) is 0 Å². The number of aromatic nitrogens is 2. The number of aryl methyl sites for hydroxylation is 1. The summed E-state index contributed by atoms with van der Waals surface area (Å²) in [5.74, 6) is 1.18. The van der Waals surface area contributed by atoms with Crippen molar-refractivity contribution in [1.82, 2.24) is 14.9 Å². The molecule has 0 unspecified atom stereocenters. The average Bonchev–Trinajstić information content (AvgIpc) is 2.25. The average molecular weight is 205 g/mol. The summed E-state index contributed by atoms with van der Waals surface area (Å²) in [5, 5.41) is 0. The molecule has 0 spiro atoms. The molecule has 2 rings (SSSR count). The molecule has 0 aromatic carbocycles. The Balaban J connectivity index is 1.91. The lowest BCUT2D eigenvalue weighted by Gasteiger charge is -2.25. The zero-order valence-electron chi connectivity index (χ0n) is 8.94. The summed E-state index contributed by atoms with van der Waals surface area (Å²) in [6.45, 7) is 4.47. The molecule has 0 saturated carbocycles. The Kier molecular flexibility index (Phi) is 3.06. The largest absolute Gasteiger partial charge is 0.300 e. The molecule has 0 atom stereocenters. The highest BCUT2D eigenvalue weighted by molar-refractivity contribution is 5.79. The van der Waals surface area contributed by atoms with Crippen LogP contribution in [0.3, 0.4) is 0 Å². The number of rotatable bonds is 2. The van der Waals surface area contributed by atoms with E-state index in [0.29, 0.717) is 18.6 Å². The van der Waals surface area contributed by atoms with E-state index < -0.39 is 0 Å². The minimum atomic E-state index is 0.381. The fourth-order valence-corrected chi connectivity index (χ4v) is 1.72. The lowest BCUT2D eigenvalue weighted by molar-refractivity contribution is -0.121. The Morgan fingerprint density at radius 3 is 2.47 bits per heavy atom. The van der Waals surface area contributed by atoms with Crippen LogP contribution in [0.4, 0.5) is 0 Å². The molecule has 4 nitrogen and oxygen atoms in total. The Hall–Kier alpha value is -1.29. The van der Waals surface area contributed by atoms with E-state index in [0.717, 1.165) is 31.0 Å². The Morgan fingerprint density at radius 1 is 1.27 bits per heavy atom. The van der Waals surface area contributed by atoms with Crippen LogP contribution in [-0.2, 0) is 11.3 Å². The number of Topliss-reactive ketones (excluding diaryl/α,β-unsaturated/α-hetero) is 1. The van der Waals surface area contributed by atoms with Gasteiger partial charge in [0, 0.05) is 50.4 Å². The summed E-state index contributed by atoms with van der Waals surface area (Å²) >= 11 is 0. The lowest BCUT2D eigenvalue weighted by Crippen LogP contribution is -2.33. The Morgan fingerprint density at radius 2 is 1.87 bits per heavy atom. The highest BCUT2D eigenvalue weighted by Gasteiger charge is 2.15. The van der Waals surface area contributed by atoms with Gasteiger partial charge in [0.15, 0.2) is 0 Å². The molecule has 0 bridgehead atoms. The van der Waals surface area contributed by atoms with E-state index in [-0.39, 0.29) is 0 Å². The van der Waals surface area contributed by atoms with E-state index >= 15 is 0 Å². The Labute approximate surface area is 89.3 Å². The molecule has 1 saturated heterocycles. The second-order valence-electron chi connectivity index (χ2n) is 3.95. The SMILES string of the molecule is Cc1ncc(CN2CCC(=O)CC2)cn1. The van der Waals surface area contributed by atoms with Crippen LogP contribution in [0.25, 0.3) is 0 Å². The summed E-state index contributed by atoms with van der Waals surface area (Å²) in [4.78, 5) is 21.6. The fourth-order valence-electron chi connectivity index (χ4n) is 1.72. The van der Waals surface area contributed by atoms with E-state index in [1.807, 2.05) is 19.3 Å². The van der Waals surface area contributed by atoms with Crippen molar-refractivity contribution in [1.29, 1.82) is 0 Å². The quantitative estimate of drug-likeness (QED) is 0.721. The number of ketones is 1. The van der Waals surface area contributed by atoms with Gasteiger partial charge in [0.25, 0.3) is 0 Å². The molecule has 1 fully saturated rings. The summed E-state index contributed by atoms with van der Waals surface area (Å²) in [6, 6.07) is 0. The standard InChI is InChI=1S/C11H15N3O/c1-9-12-6-10(7-13-9)8-14-4-2-11(15)3-5-14/h6-7H,2-5,8H2,1H3. The highest BCUT2D eigenvalue weighted by Crippen LogP contribution is 2.09. The predicted molar refractivity (Wildman–Crippen MR) is 56.3 cm³/mol. The van der Waals surface area contributed by atoms with Crippen LogP contribution >= 0.6 is 0 Å². The second-order valence-corrected chi connectivity index (χ2v) is 3.95. The molecule has 1 aliphatic heterocycles. The molecule has 2 heterocycles. The first-order valence-electron chi connectivity index (χ1n) is 5.25. The van der Waals surface area contributed by atoms with E-state index in [1.165, 1.54) is 0 Å². The van der Waals surface area contributed by atoms with Crippen LogP contribution in [0, 0.1) is 6.92 Å². The number of nitrogens with zero attached hydrogens (tertiary/aromatic N) is 3. The van der Waals surface area contributed by atoms with Crippen LogP contribution in [0.15, 0.2) is 12.4 Å². The van der Waals surface area contributed by atoms with Crippen LogP contribution in [-0.4, -0.2) is 33.7 Å². The Bertz CT molecular complexity index is 337. The van der Waals surface area contributed by atoms with Gasteiger partial charge >= 0.3 is 0 Å². The summed E-state index contributed by atoms with van der Waals surface area (Å²) in [5.41, 5.74) is 1.12. The van der Waals surface area contributed by atoms with Gasteiger partial charge in [-0.15, -0.1) is 0 Å². The van der Waals surface area contributed by atoms with Crippen molar-refractivity contribution in [3.8, 4) is 0 Å². The third-order valence-electron chi connectivity index (χ3n) is 2.65. The van der Waals surface area contributed by atoms with E-state index in [2.05, 4.69) is 14.9 Å². The van der Waals surface area contributed by atoms with Gasteiger partial charge in [0.2, 0.25) is 0 Å². The first-order chi connectivity index (χ1) is 7.24. The van der Waals surface area contributed by atoms with Crippen molar-refractivity contribution in [2.45, 2.75) is 26.3 Å². The van der Waals surface area contributed by atoms with E-state index in [9.17, 15) is 4.79 Å². The van der Waals surface area contributed by atoms with Crippen molar-refractivity contribution >= 4 is 5.78 Å². The van der Waals surface area contributed by atoms with Crippen LogP contribution in [0.5, 0.6) is 0 Å². The van der Waals surface area contributed by atoms with E-state index in [1.54, 1.807) is 0 Å². The van der Waals surface area contributed by atoms with Crippen LogP contribution in [0.1, 0.15) is 24.2 Å². The molecule has 1 aromatic rings. The van der Waals surface area contributed by atoms with Gasteiger partial charge < -0.3 is 0 Å². The highest BCUT2D eigenvalue weighted by atomic mass is 16.1. The topological polar surface area (TPSA) is 46.1 Å². The summed E-state index contributed by atoms with van der Waals surface area (Å²) in [7, 11) is 0. The summed E-state index contributed by atoms with van der Waals surface area (Å²) in [6.07, 6.45) is 5.09. The molecule has 15 heavy (non-hydrogen) atoms. The molecule has 80 valence electrons. The fraction of sp³-hybridized carbons (Fsp3) is 0.545. The number of carbonyl (C=O) groups is 1. The number of likely N-dealkylation sites (tertiary alicyclic amines) is 1. The molecule has 1 aromatic heterocycles. The number of hydrogen-bond acceptors (Lipinski definition) is 4. The second kappa shape index (κ2) is 4.49. The van der Waals surface area contributed by atoms with Crippen molar-refractivity contribution < 1.29 is 4.79 Å². The van der Waals surface area contributed by atoms with Crippen molar-refractivity contribution in [3.05, 3.63) is 23.8 Å². The monoisotopic (exact) mass is 205 g/mol. The van der Waals surface area contributed by atoms with Gasteiger partial charge in [-0.05, 0) is 6.92 Å². The van der Waals surface area contributed by atoms with Crippen LogP contribution < -0.4 is 0 Å². The zero-order valence-corrected chi connectivity index (χ0v) is 8.94. The maximum atomic E-state index is 11.1. The predicted octanol–water partition coefficient (Wildman–Crippen LogP) is 0.950. The molecule has 0 aliphatic carbocycles. The first-order valence-corrected chi connectivity index (χ1v) is 5.25. The molecular formula is C11H15N3O. The van der Waals surface area contributed by atoms with Crippen molar-refractivity contribution in [3.63, 3.8) is 0 Å². The molecule has 0 N–H and O–H groups in total. The van der Waals surface area contributed by atoms with Gasteiger partial charge in [0.05, 0.1) is 0 Å². The maximum Gasteiger partial charge on any atom is 0.135 e. The third-order valence-corrected chi connectivity index (χ3v) is 2.65. The molecule has 4 heteroatoms. The normalized spacial score (nSPS) is 18.1. The first kappa shape index (κ1) is 10.2. The van der Waals surface area contributed by atoms with Gasteiger partial charge in [-0.1, -0.05) is 0 Å². The minimum absolute atomic E-state index is 0.381. The van der Waals surface area contributed by atoms with Gasteiger partial charge in [-0.2, -0.15) is 0 Å². The smallest absolute Gasteiger partial charge is 0.135 e. The lowest BCUT2D eigenvalue weighted by atomic mass is 10.1. The molecule has 0 amide bonds. The summed E-state index contributed by atoms with van der Waals surface area (Å²) < 4.78 is 0. The molecule has 0 radical (unpaired) electrons. The molecule has 1 aliphatic rings. The van der Waals surface area contributed by atoms with Gasteiger partial charge in [0.1, 0.15) is 11.6 Å². The van der Waals surface area contributed by atoms with Crippen molar-refractivity contribution in [2.75, 3.05) is 13.1 Å². The maximum absolute atomic E-state index is 11.1. The minimum Gasteiger partial charge on any atom is -0.300 e. The zero-order chi connectivity index (χ0) is 10.7. The van der Waals surface area contributed by atoms with Gasteiger partial charge in [-0.25, -0.2) is 9.97 Å². The number of hydrogen-bond donors (Lipinski definition) is 0. The third kappa shape index (κ3) is 2.83.